The molecule has 20 heavy (non-hydrogen) atoms. The van der Waals surface area contributed by atoms with Gasteiger partial charge in [0.15, 0.2) is 11.9 Å². The Hall–Kier alpha value is -1.88. The lowest BCUT2D eigenvalue weighted by atomic mass is 9.99. The van der Waals surface area contributed by atoms with Crippen molar-refractivity contribution in [2.24, 2.45) is 0 Å². The number of para-hydroxylation sites is 1. The highest BCUT2D eigenvalue weighted by Crippen LogP contribution is 2.36. The molecule has 1 saturated heterocycles. The van der Waals surface area contributed by atoms with Gasteiger partial charge in [0.2, 0.25) is 0 Å². The molecule has 5 heteroatoms. The van der Waals surface area contributed by atoms with Gasteiger partial charge in [0.25, 0.3) is 5.89 Å². The number of piperidine rings is 1. The number of hydrogen-bond acceptors (Lipinski definition) is 5. The molecule has 3 heterocycles. The topological polar surface area (TPSA) is 60.2 Å². The summed E-state index contributed by atoms with van der Waals surface area (Å²) in [7, 11) is 0. The van der Waals surface area contributed by atoms with E-state index in [-0.39, 0.29) is 6.10 Å². The largest absolute Gasteiger partial charge is 0.480 e. The van der Waals surface area contributed by atoms with Crippen molar-refractivity contribution in [3.8, 4) is 5.75 Å². The molecule has 0 radical (unpaired) electrons. The molecule has 1 N–H and O–H groups in total. The maximum Gasteiger partial charge on any atom is 0.268 e. The number of nitrogens with one attached hydrogen (secondary N) is 1. The molecule has 2 aliphatic rings. The van der Waals surface area contributed by atoms with Crippen LogP contribution in [0.1, 0.15) is 42.1 Å². The summed E-state index contributed by atoms with van der Waals surface area (Å²) in [5.41, 5.74) is 1.21. The van der Waals surface area contributed by atoms with Crippen molar-refractivity contribution in [1.29, 1.82) is 0 Å². The normalized spacial score (nSPS) is 25.2. The van der Waals surface area contributed by atoms with Crippen molar-refractivity contribution >= 4 is 0 Å². The van der Waals surface area contributed by atoms with Crippen molar-refractivity contribution in [3.63, 3.8) is 0 Å². The molecule has 4 rings (SSSR count). The number of aromatic nitrogens is 2. The lowest BCUT2D eigenvalue weighted by molar-refractivity contribution is 0.183. The van der Waals surface area contributed by atoms with E-state index in [2.05, 4.69) is 21.5 Å². The van der Waals surface area contributed by atoms with Gasteiger partial charge in [-0.3, -0.25) is 0 Å². The van der Waals surface area contributed by atoms with E-state index >= 15 is 0 Å². The second-order valence-corrected chi connectivity index (χ2v) is 5.45. The minimum absolute atomic E-state index is 0.134. The molecule has 1 aromatic carbocycles. The van der Waals surface area contributed by atoms with Gasteiger partial charge < -0.3 is 14.6 Å². The third kappa shape index (κ3) is 2.08. The first-order valence-electron chi connectivity index (χ1n) is 7.19. The summed E-state index contributed by atoms with van der Waals surface area (Å²) in [4.78, 5) is 4.56. The molecule has 5 nitrogen and oxygen atoms in total. The molecule has 0 aliphatic carbocycles. The minimum atomic E-state index is -0.134. The van der Waals surface area contributed by atoms with Gasteiger partial charge in [-0.05, 0) is 31.0 Å². The fourth-order valence-electron chi connectivity index (χ4n) is 2.94. The van der Waals surface area contributed by atoms with Gasteiger partial charge >= 0.3 is 0 Å². The monoisotopic (exact) mass is 271 g/mol. The molecule has 0 amide bonds. The molecule has 0 bridgehead atoms. The second-order valence-electron chi connectivity index (χ2n) is 5.45. The van der Waals surface area contributed by atoms with Crippen molar-refractivity contribution < 1.29 is 9.26 Å². The molecule has 0 saturated carbocycles. The van der Waals surface area contributed by atoms with Gasteiger partial charge in [-0.15, -0.1) is 0 Å². The first kappa shape index (κ1) is 11.9. The number of ether oxygens (including phenoxy) is 1. The summed E-state index contributed by atoms with van der Waals surface area (Å²) in [5.74, 6) is 2.70. The van der Waals surface area contributed by atoms with Gasteiger partial charge in [0.1, 0.15) is 5.75 Å². The first-order valence-corrected chi connectivity index (χ1v) is 7.19. The lowest BCUT2D eigenvalue weighted by Gasteiger charge is -2.19. The summed E-state index contributed by atoms with van der Waals surface area (Å²) in [6, 6.07) is 8.07. The fraction of sp³-hybridized carbons (Fsp3) is 0.467. The highest BCUT2D eigenvalue weighted by atomic mass is 16.5. The van der Waals surface area contributed by atoms with E-state index < -0.39 is 0 Å². The van der Waals surface area contributed by atoms with Crippen LogP contribution >= 0.6 is 0 Å². The van der Waals surface area contributed by atoms with Crippen molar-refractivity contribution in [2.75, 3.05) is 13.1 Å². The predicted octanol–water partition coefficient (Wildman–Crippen LogP) is 2.21. The molecule has 2 unspecified atom stereocenters. The third-order valence-corrected chi connectivity index (χ3v) is 4.04. The van der Waals surface area contributed by atoms with Gasteiger partial charge in [-0.2, -0.15) is 4.98 Å². The van der Waals surface area contributed by atoms with Crippen LogP contribution in [0, 0.1) is 0 Å². The summed E-state index contributed by atoms with van der Waals surface area (Å²) in [6.07, 6.45) is 2.96. The van der Waals surface area contributed by atoms with Gasteiger partial charge in [-0.1, -0.05) is 23.4 Å². The zero-order chi connectivity index (χ0) is 13.4. The molecular formula is C15H17N3O2. The maximum absolute atomic E-state index is 5.88. The number of nitrogens with zero attached hydrogens (tertiary/aromatic N) is 2. The molecule has 2 atom stereocenters. The third-order valence-electron chi connectivity index (χ3n) is 4.04. The number of rotatable bonds is 2. The van der Waals surface area contributed by atoms with Crippen LogP contribution in [0.25, 0.3) is 0 Å². The highest BCUT2D eigenvalue weighted by molar-refractivity contribution is 5.37. The average Bonchev–Trinajstić information content (AvgIpc) is 3.14. The molecular weight excluding hydrogens is 254 g/mol. The Morgan fingerprint density at radius 1 is 1.25 bits per heavy atom. The Labute approximate surface area is 117 Å². The van der Waals surface area contributed by atoms with Crippen LogP contribution in [0.2, 0.25) is 0 Å². The minimum Gasteiger partial charge on any atom is -0.480 e. The van der Waals surface area contributed by atoms with Crippen molar-refractivity contribution in [1.82, 2.24) is 15.5 Å². The van der Waals surface area contributed by atoms with Crippen LogP contribution in [0.3, 0.4) is 0 Å². The molecule has 0 spiro atoms. The standard InChI is InChI=1S/C15H17N3O2/c1-2-6-12-10(4-1)8-13(19-12)15-17-14(18-20-15)11-5-3-7-16-9-11/h1-2,4,6,11,13,16H,3,5,7-9H2. The van der Waals surface area contributed by atoms with Gasteiger partial charge in [-0.25, -0.2) is 0 Å². The highest BCUT2D eigenvalue weighted by Gasteiger charge is 2.30. The quantitative estimate of drug-likeness (QED) is 0.907. The predicted molar refractivity (Wildman–Crippen MR) is 72.7 cm³/mol. The molecule has 2 aliphatic heterocycles. The molecule has 1 fully saturated rings. The van der Waals surface area contributed by atoms with Crippen LogP contribution in [0.4, 0.5) is 0 Å². The van der Waals surface area contributed by atoms with Gasteiger partial charge in [0, 0.05) is 18.9 Å². The van der Waals surface area contributed by atoms with E-state index in [0.29, 0.717) is 11.8 Å². The molecule has 104 valence electrons. The Bertz CT molecular complexity index is 580. The second kappa shape index (κ2) is 4.90. The molecule has 1 aromatic heterocycles. The summed E-state index contributed by atoms with van der Waals surface area (Å²) < 4.78 is 11.3. The first-order chi connectivity index (χ1) is 9.90. The Morgan fingerprint density at radius 3 is 3.05 bits per heavy atom. The maximum atomic E-state index is 5.88. The zero-order valence-corrected chi connectivity index (χ0v) is 11.2. The van der Waals surface area contributed by atoms with E-state index in [9.17, 15) is 0 Å². The van der Waals surface area contributed by atoms with Crippen LogP contribution in [-0.2, 0) is 6.42 Å². The summed E-state index contributed by atoms with van der Waals surface area (Å²) in [6.45, 7) is 2.02. The summed E-state index contributed by atoms with van der Waals surface area (Å²) >= 11 is 0. The van der Waals surface area contributed by atoms with E-state index in [1.54, 1.807) is 0 Å². The SMILES string of the molecule is c1ccc2c(c1)CC(c1nc(C3CCCNC3)no1)O2. The van der Waals surface area contributed by atoms with E-state index in [4.69, 9.17) is 9.26 Å². The van der Waals surface area contributed by atoms with Crippen LogP contribution in [0.15, 0.2) is 28.8 Å². The van der Waals surface area contributed by atoms with Crippen molar-refractivity contribution in [3.05, 3.63) is 41.5 Å². The smallest absolute Gasteiger partial charge is 0.268 e. The fourth-order valence-corrected chi connectivity index (χ4v) is 2.94. The summed E-state index contributed by atoms with van der Waals surface area (Å²) in [5, 5.41) is 7.51. The zero-order valence-electron chi connectivity index (χ0n) is 11.2. The van der Waals surface area contributed by atoms with E-state index in [1.807, 2.05) is 18.2 Å². The van der Waals surface area contributed by atoms with Gasteiger partial charge in [0.05, 0.1) is 0 Å². The van der Waals surface area contributed by atoms with E-state index in [0.717, 1.165) is 37.5 Å². The number of benzene rings is 1. The Kier molecular flexibility index (Phi) is 2.92. The average molecular weight is 271 g/mol. The van der Waals surface area contributed by atoms with Crippen LogP contribution < -0.4 is 10.1 Å². The molecule has 2 aromatic rings. The van der Waals surface area contributed by atoms with Crippen LogP contribution in [-0.4, -0.2) is 23.2 Å². The van der Waals surface area contributed by atoms with Crippen LogP contribution in [0.5, 0.6) is 5.75 Å². The Morgan fingerprint density at radius 2 is 2.20 bits per heavy atom. The van der Waals surface area contributed by atoms with Crippen molar-refractivity contribution in [2.45, 2.75) is 31.3 Å². The Balaban J connectivity index is 1.52. The lowest BCUT2D eigenvalue weighted by Crippen LogP contribution is -2.28. The number of fused-ring (bicyclic) bond motifs is 1. The number of hydrogen-bond donors (Lipinski definition) is 1. The van der Waals surface area contributed by atoms with E-state index in [1.165, 1.54) is 12.0 Å².